The molecular formula is C36H42BN. The number of benzene rings is 4. The van der Waals surface area contributed by atoms with E-state index in [2.05, 4.69) is 155 Å². The maximum atomic E-state index is 2.35. The number of aryl methyl sites for hydroxylation is 4. The highest BCUT2D eigenvalue weighted by molar-refractivity contribution is 7.11. The molecule has 0 aliphatic heterocycles. The first-order chi connectivity index (χ1) is 18.5. The minimum Gasteiger partial charge on any atom is -0.200 e. The lowest BCUT2D eigenvalue weighted by atomic mass is 9.14. The van der Waals surface area contributed by atoms with Gasteiger partial charge in [0.25, 0.3) is 0 Å². The Labute approximate surface area is 230 Å². The summed E-state index contributed by atoms with van der Waals surface area (Å²) in [4.78, 5) is 0. The van der Waals surface area contributed by atoms with Crippen LogP contribution in [0.2, 0.25) is 6.32 Å². The Bertz CT molecular complexity index is 1320. The van der Waals surface area contributed by atoms with Crippen molar-refractivity contribution in [2.24, 2.45) is 0 Å². The summed E-state index contributed by atoms with van der Waals surface area (Å²) in [5, 5.41) is 1.31. The molecule has 0 radical (unpaired) electrons. The van der Waals surface area contributed by atoms with Gasteiger partial charge in [-0.2, -0.15) is 27.3 Å². The third-order valence-corrected chi connectivity index (χ3v) is 8.06. The van der Waals surface area contributed by atoms with Crippen molar-refractivity contribution in [3.63, 3.8) is 0 Å². The minimum absolute atomic E-state index is 0.957. The van der Waals surface area contributed by atoms with Gasteiger partial charge in [0, 0.05) is 17.5 Å². The molecule has 0 aliphatic carbocycles. The van der Waals surface area contributed by atoms with Crippen LogP contribution in [0.1, 0.15) is 43.4 Å². The van der Waals surface area contributed by atoms with Crippen molar-refractivity contribution in [3.8, 4) is 0 Å². The quantitative estimate of drug-likeness (QED) is 0.167. The Morgan fingerprint density at radius 2 is 1.00 bits per heavy atom. The number of unbranched alkanes of at least 4 members (excludes halogenated alkanes) is 1. The highest BCUT2D eigenvalue weighted by Crippen LogP contribution is 2.18. The second-order valence-corrected chi connectivity index (χ2v) is 10.8. The largest absolute Gasteiger partial charge is 0.212 e. The van der Waals surface area contributed by atoms with Crippen LogP contribution in [0.3, 0.4) is 0 Å². The van der Waals surface area contributed by atoms with Crippen molar-refractivity contribution in [3.05, 3.63) is 132 Å². The van der Waals surface area contributed by atoms with Gasteiger partial charge in [-0.25, -0.2) is 0 Å². The first-order valence-electron chi connectivity index (χ1n) is 14.2. The van der Waals surface area contributed by atoms with Crippen LogP contribution in [-0.4, -0.2) is 6.15 Å². The van der Waals surface area contributed by atoms with Crippen LogP contribution < -0.4 is 21.0 Å². The molecule has 0 spiro atoms. The fourth-order valence-corrected chi connectivity index (χ4v) is 5.77. The number of pyridine rings is 1. The number of hydrogen-bond acceptors (Lipinski definition) is 0. The molecule has 4 aromatic carbocycles. The Morgan fingerprint density at radius 1 is 0.553 bits per heavy atom. The summed E-state index contributed by atoms with van der Waals surface area (Å²) >= 11 is 0. The number of nitrogens with zero attached hydrogens (tertiary/aromatic N) is 1. The molecule has 1 nitrogen and oxygen atoms in total. The lowest BCUT2D eigenvalue weighted by molar-refractivity contribution is -0.667. The predicted molar refractivity (Wildman–Crippen MR) is 168 cm³/mol. The number of fused-ring (bicyclic) bond motifs is 1. The summed E-state index contributed by atoms with van der Waals surface area (Å²) in [6.45, 7) is 12.0. The molecule has 38 heavy (non-hydrogen) atoms. The van der Waals surface area contributed by atoms with Crippen molar-refractivity contribution in [2.45, 2.75) is 60.3 Å². The Hall–Kier alpha value is -3.65. The first kappa shape index (κ1) is 27.4. The fourth-order valence-electron chi connectivity index (χ4n) is 5.77. The van der Waals surface area contributed by atoms with E-state index in [9.17, 15) is 0 Å². The summed E-state index contributed by atoms with van der Waals surface area (Å²) in [5.41, 5.74) is 9.64. The van der Waals surface area contributed by atoms with Crippen LogP contribution in [0.25, 0.3) is 10.9 Å². The Kier molecular flexibility index (Phi) is 9.18. The molecule has 0 saturated heterocycles. The van der Waals surface area contributed by atoms with Gasteiger partial charge in [0.2, 0.25) is 5.52 Å². The zero-order valence-electron chi connectivity index (χ0n) is 23.8. The third-order valence-electron chi connectivity index (χ3n) is 8.06. The molecule has 1 aromatic heterocycles. The van der Waals surface area contributed by atoms with Crippen LogP contribution in [0.15, 0.2) is 115 Å². The molecule has 0 atom stereocenters. The monoisotopic (exact) mass is 499 g/mol. The molecular weight excluding hydrogens is 457 g/mol. The van der Waals surface area contributed by atoms with Gasteiger partial charge in [0.15, 0.2) is 6.20 Å². The van der Waals surface area contributed by atoms with E-state index in [0.717, 1.165) is 6.54 Å². The zero-order valence-corrected chi connectivity index (χ0v) is 23.8. The molecule has 0 N–H and O–H groups in total. The van der Waals surface area contributed by atoms with E-state index in [1.165, 1.54) is 63.1 Å². The maximum absolute atomic E-state index is 2.35. The smallest absolute Gasteiger partial charge is 0.200 e. The van der Waals surface area contributed by atoms with E-state index >= 15 is 0 Å². The SMILES string of the molecule is CCCC[B-](c1ccc(C)cc1)(c1ccc(C)cc1)c1ccc(C)cc1.CC[n+]1cccc2ccccc21. The number of para-hydroxylation sites is 1. The highest BCUT2D eigenvalue weighted by atomic mass is 14.9. The van der Waals surface area contributed by atoms with Gasteiger partial charge >= 0.3 is 0 Å². The topological polar surface area (TPSA) is 3.88 Å². The molecule has 2 heteroatoms. The second-order valence-electron chi connectivity index (χ2n) is 10.8. The molecule has 0 aliphatic rings. The molecule has 5 aromatic rings. The lowest BCUT2D eigenvalue weighted by Crippen LogP contribution is -2.67. The molecule has 1 heterocycles. The zero-order chi connectivity index (χ0) is 27.0. The lowest BCUT2D eigenvalue weighted by Gasteiger charge is -2.43. The molecule has 0 saturated carbocycles. The third kappa shape index (κ3) is 6.08. The normalized spacial score (nSPS) is 11.2. The van der Waals surface area contributed by atoms with E-state index < -0.39 is 6.15 Å². The van der Waals surface area contributed by atoms with Gasteiger partial charge in [-0.3, -0.25) is 0 Å². The summed E-state index contributed by atoms with van der Waals surface area (Å²) in [7, 11) is 0. The van der Waals surface area contributed by atoms with Crippen LogP contribution in [0, 0.1) is 20.8 Å². The minimum atomic E-state index is -0.957. The van der Waals surface area contributed by atoms with E-state index in [4.69, 9.17) is 0 Å². The van der Waals surface area contributed by atoms with E-state index in [-0.39, 0.29) is 0 Å². The fraction of sp³-hybridized carbons (Fsp3) is 0.250. The van der Waals surface area contributed by atoms with Crippen LogP contribution >= 0.6 is 0 Å². The van der Waals surface area contributed by atoms with Gasteiger partial charge in [-0.05, 0) is 39.8 Å². The van der Waals surface area contributed by atoms with Crippen molar-refractivity contribution >= 4 is 33.4 Å². The summed E-state index contributed by atoms with van der Waals surface area (Å²) < 4.78 is 2.25. The van der Waals surface area contributed by atoms with Crippen molar-refractivity contribution < 1.29 is 4.57 Å². The van der Waals surface area contributed by atoms with Crippen molar-refractivity contribution in [2.75, 3.05) is 0 Å². The first-order valence-corrected chi connectivity index (χ1v) is 14.2. The van der Waals surface area contributed by atoms with Crippen LogP contribution in [0.4, 0.5) is 0 Å². The molecule has 5 rings (SSSR count). The number of hydrogen-bond donors (Lipinski definition) is 0. The van der Waals surface area contributed by atoms with Gasteiger partial charge in [-0.1, -0.05) is 121 Å². The van der Waals surface area contributed by atoms with Crippen molar-refractivity contribution in [1.82, 2.24) is 0 Å². The van der Waals surface area contributed by atoms with E-state index in [1.807, 2.05) is 0 Å². The van der Waals surface area contributed by atoms with Crippen LogP contribution in [0.5, 0.6) is 0 Å². The number of rotatable bonds is 7. The maximum Gasteiger partial charge on any atom is 0.212 e. The Balaban J connectivity index is 0.000000232. The average molecular weight is 500 g/mol. The number of aromatic nitrogens is 1. The van der Waals surface area contributed by atoms with Gasteiger partial charge in [-0.15, -0.1) is 0 Å². The highest BCUT2D eigenvalue weighted by Gasteiger charge is 2.29. The molecule has 0 fully saturated rings. The molecule has 194 valence electrons. The predicted octanol–water partition coefficient (Wildman–Crippen LogP) is 7.03. The molecule has 0 bridgehead atoms. The van der Waals surface area contributed by atoms with Crippen LogP contribution in [-0.2, 0) is 6.54 Å². The molecule has 0 unspecified atom stereocenters. The standard InChI is InChI=1S/C25H30B.C11H12N/c1-5-6-19-26(23-13-7-20(2)8-14-23,24-15-9-21(3)10-16-24)25-17-11-22(4)12-18-25;1-2-12-9-5-7-10-6-3-4-8-11(10)12/h7-18H,5-6,19H2,1-4H3;3-9H,2H2,1H3/q-1;+1. The average Bonchev–Trinajstić information content (AvgIpc) is 2.95. The van der Waals surface area contributed by atoms with Gasteiger partial charge in [0.1, 0.15) is 6.54 Å². The summed E-state index contributed by atoms with van der Waals surface area (Å²) in [5.74, 6) is 0. The summed E-state index contributed by atoms with van der Waals surface area (Å²) in [6, 6.07) is 40.4. The Morgan fingerprint density at radius 3 is 1.45 bits per heavy atom. The van der Waals surface area contributed by atoms with Gasteiger partial charge in [0.05, 0.1) is 6.15 Å². The van der Waals surface area contributed by atoms with Gasteiger partial charge < -0.3 is 0 Å². The summed E-state index contributed by atoms with van der Waals surface area (Å²) in [6.07, 6.45) is 4.79. The van der Waals surface area contributed by atoms with E-state index in [1.54, 1.807) is 0 Å². The van der Waals surface area contributed by atoms with E-state index in [0.29, 0.717) is 0 Å². The molecule has 0 amide bonds. The second kappa shape index (κ2) is 12.7. The van der Waals surface area contributed by atoms with Crippen molar-refractivity contribution in [1.29, 1.82) is 0 Å².